The normalized spacial score (nSPS) is 42.5. The highest BCUT2D eigenvalue weighted by molar-refractivity contribution is 6.31. The predicted molar refractivity (Wildman–Crippen MR) is 98.5 cm³/mol. The summed E-state index contributed by atoms with van der Waals surface area (Å²) in [5, 5.41) is 22.1. The topological polar surface area (TPSA) is 60.8 Å². The molecule has 1 aromatic carbocycles. The van der Waals surface area contributed by atoms with Crippen LogP contribution >= 0.6 is 11.6 Å². The molecule has 4 atom stereocenters. The second-order valence-corrected chi connectivity index (χ2v) is 9.49. The van der Waals surface area contributed by atoms with Crippen molar-refractivity contribution in [1.82, 2.24) is 4.90 Å². The standard InChI is InChI=1S/C21H26ClNO3/c22-17-4-2-1-3-15(17)19(24)16-5-6-23(20(16)25)18-13-7-12-8-14(18)11-21(26,9-12)10-13/h1-4,12-14,16,18-19,24,26H,5-11H2. The number of hydrogen-bond donors (Lipinski definition) is 2. The van der Waals surface area contributed by atoms with E-state index in [1.807, 2.05) is 17.0 Å². The molecule has 1 aliphatic heterocycles. The average Bonchev–Trinajstić information content (AvgIpc) is 2.94. The smallest absolute Gasteiger partial charge is 0.228 e. The Labute approximate surface area is 159 Å². The van der Waals surface area contributed by atoms with Crippen molar-refractivity contribution < 1.29 is 15.0 Å². The summed E-state index contributed by atoms with van der Waals surface area (Å²) in [4.78, 5) is 15.2. The maximum absolute atomic E-state index is 13.2. The summed E-state index contributed by atoms with van der Waals surface area (Å²) in [5.41, 5.74) is 0.167. The van der Waals surface area contributed by atoms with E-state index < -0.39 is 17.6 Å². The molecule has 1 heterocycles. The van der Waals surface area contributed by atoms with Gasteiger partial charge in [0.1, 0.15) is 0 Å². The van der Waals surface area contributed by atoms with Gasteiger partial charge in [0.15, 0.2) is 0 Å². The largest absolute Gasteiger partial charge is 0.390 e. The minimum absolute atomic E-state index is 0.0712. The third-order valence-electron chi connectivity index (χ3n) is 7.44. The maximum Gasteiger partial charge on any atom is 0.228 e. The van der Waals surface area contributed by atoms with Crippen molar-refractivity contribution in [3.63, 3.8) is 0 Å². The van der Waals surface area contributed by atoms with E-state index in [4.69, 9.17) is 11.6 Å². The molecule has 0 spiro atoms. The molecular weight excluding hydrogens is 350 g/mol. The molecule has 6 rings (SSSR count). The van der Waals surface area contributed by atoms with Crippen LogP contribution in [-0.2, 0) is 4.79 Å². The maximum atomic E-state index is 13.2. The second-order valence-electron chi connectivity index (χ2n) is 9.08. The first-order chi connectivity index (χ1) is 12.5. The molecule has 4 bridgehead atoms. The van der Waals surface area contributed by atoms with Crippen molar-refractivity contribution in [2.24, 2.45) is 23.7 Å². The van der Waals surface area contributed by atoms with E-state index >= 15 is 0 Å². The fourth-order valence-corrected chi connectivity index (χ4v) is 6.96. The van der Waals surface area contributed by atoms with E-state index in [1.54, 1.807) is 12.1 Å². The lowest BCUT2D eigenvalue weighted by Crippen LogP contribution is -2.62. The number of benzene rings is 1. The van der Waals surface area contributed by atoms with Crippen LogP contribution in [0.5, 0.6) is 0 Å². The Morgan fingerprint density at radius 2 is 1.85 bits per heavy atom. The van der Waals surface area contributed by atoms with Crippen LogP contribution in [0.1, 0.15) is 50.2 Å². The van der Waals surface area contributed by atoms with Crippen LogP contribution in [0.3, 0.4) is 0 Å². The molecule has 4 nitrogen and oxygen atoms in total. The molecule has 0 aromatic heterocycles. The lowest BCUT2D eigenvalue weighted by Gasteiger charge is -2.59. The average molecular weight is 376 g/mol. The van der Waals surface area contributed by atoms with E-state index in [9.17, 15) is 15.0 Å². The number of carbonyl (C=O) groups is 1. The summed E-state index contributed by atoms with van der Waals surface area (Å²) in [6, 6.07) is 7.50. The highest BCUT2D eigenvalue weighted by Gasteiger charge is 2.58. The summed E-state index contributed by atoms with van der Waals surface area (Å²) in [7, 11) is 0. The van der Waals surface area contributed by atoms with Gasteiger partial charge in [0.25, 0.3) is 0 Å². The number of rotatable bonds is 3. The Bertz CT molecular complexity index is 722. The number of nitrogens with zero attached hydrogens (tertiary/aromatic N) is 1. The van der Waals surface area contributed by atoms with Gasteiger partial charge in [0, 0.05) is 17.6 Å². The quantitative estimate of drug-likeness (QED) is 0.853. The Balaban J connectivity index is 1.36. The number of hydrogen-bond acceptors (Lipinski definition) is 3. The molecular formula is C21H26ClNO3. The van der Waals surface area contributed by atoms with E-state index in [-0.39, 0.29) is 11.9 Å². The van der Waals surface area contributed by atoms with Gasteiger partial charge in [-0.1, -0.05) is 29.8 Å². The van der Waals surface area contributed by atoms with Crippen LogP contribution in [0.4, 0.5) is 0 Å². The van der Waals surface area contributed by atoms with Gasteiger partial charge in [0.05, 0.1) is 17.6 Å². The lowest BCUT2D eigenvalue weighted by atomic mass is 9.52. The van der Waals surface area contributed by atoms with Crippen LogP contribution in [0.25, 0.3) is 0 Å². The minimum atomic E-state index is -0.845. The van der Waals surface area contributed by atoms with Gasteiger partial charge in [-0.2, -0.15) is 0 Å². The zero-order valence-corrected chi connectivity index (χ0v) is 15.6. The van der Waals surface area contributed by atoms with Gasteiger partial charge >= 0.3 is 0 Å². The van der Waals surface area contributed by atoms with Gasteiger partial charge in [-0.3, -0.25) is 4.79 Å². The van der Waals surface area contributed by atoms with E-state index in [1.165, 1.54) is 0 Å². The zero-order valence-electron chi connectivity index (χ0n) is 14.9. The fraction of sp³-hybridized carbons (Fsp3) is 0.667. The Morgan fingerprint density at radius 3 is 2.50 bits per heavy atom. The highest BCUT2D eigenvalue weighted by atomic mass is 35.5. The summed E-state index contributed by atoms with van der Waals surface area (Å²) in [5.74, 6) is 1.14. The monoisotopic (exact) mass is 375 g/mol. The molecule has 2 N–H and O–H groups in total. The van der Waals surface area contributed by atoms with Gasteiger partial charge in [0.2, 0.25) is 5.91 Å². The number of aliphatic hydroxyl groups excluding tert-OH is 1. The molecule has 1 aromatic rings. The Kier molecular flexibility index (Phi) is 3.90. The predicted octanol–water partition coefficient (Wildman–Crippen LogP) is 3.16. The fourth-order valence-electron chi connectivity index (χ4n) is 6.71. The second kappa shape index (κ2) is 5.95. The van der Waals surface area contributed by atoms with Crippen molar-refractivity contribution in [2.45, 2.75) is 56.3 Å². The molecule has 5 fully saturated rings. The molecule has 4 aliphatic carbocycles. The third-order valence-corrected chi connectivity index (χ3v) is 7.78. The van der Waals surface area contributed by atoms with Crippen LogP contribution < -0.4 is 0 Å². The van der Waals surface area contributed by atoms with Gasteiger partial charge in [-0.25, -0.2) is 0 Å². The van der Waals surface area contributed by atoms with Gasteiger partial charge in [-0.05, 0) is 67.9 Å². The van der Waals surface area contributed by atoms with Gasteiger partial charge < -0.3 is 15.1 Å². The molecule has 4 unspecified atom stereocenters. The highest BCUT2D eigenvalue weighted by Crippen LogP contribution is 2.57. The summed E-state index contributed by atoms with van der Waals surface area (Å²) in [6.45, 7) is 0.714. The molecule has 5 aliphatic rings. The summed E-state index contributed by atoms with van der Waals surface area (Å²) >= 11 is 6.23. The number of halogens is 1. The van der Waals surface area contributed by atoms with Crippen LogP contribution in [-0.4, -0.2) is 39.2 Å². The van der Waals surface area contributed by atoms with Crippen molar-refractivity contribution in [2.75, 3.05) is 6.54 Å². The van der Waals surface area contributed by atoms with Gasteiger partial charge in [-0.15, -0.1) is 0 Å². The Hall–Kier alpha value is -1.10. The molecule has 140 valence electrons. The van der Waals surface area contributed by atoms with E-state index in [2.05, 4.69) is 0 Å². The van der Waals surface area contributed by atoms with E-state index in [0.29, 0.717) is 41.3 Å². The first-order valence-corrected chi connectivity index (χ1v) is 10.3. The van der Waals surface area contributed by atoms with Crippen LogP contribution in [0, 0.1) is 23.7 Å². The minimum Gasteiger partial charge on any atom is -0.390 e. The SMILES string of the molecule is O=C1C(C(O)c2ccccc2Cl)CCN1C1C2CC3CC1CC(O)(C3)C2. The molecule has 0 radical (unpaired) electrons. The number of carbonyl (C=O) groups excluding carboxylic acids is 1. The van der Waals surface area contributed by atoms with Crippen molar-refractivity contribution >= 4 is 17.5 Å². The number of likely N-dealkylation sites (tertiary alicyclic amines) is 1. The molecule has 1 saturated heterocycles. The van der Waals surface area contributed by atoms with Crippen molar-refractivity contribution in [3.8, 4) is 0 Å². The number of aliphatic hydroxyl groups is 2. The Morgan fingerprint density at radius 1 is 1.15 bits per heavy atom. The van der Waals surface area contributed by atoms with Crippen molar-refractivity contribution in [1.29, 1.82) is 0 Å². The summed E-state index contributed by atoms with van der Waals surface area (Å²) in [6.07, 6.45) is 4.75. The lowest BCUT2D eigenvalue weighted by molar-refractivity contribution is -0.168. The third kappa shape index (κ3) is 2.53. The summed E-state index contributed by atoms with van der Waals surface area (Å²) < 4.78 is 0. The van der Waals surface area contributed by atoms with Crippen LogP contribution in [0.2, 0.25) is 5.02 Å². The van der Waals surface area contributed by atoms with Crippen LogP contribution in [0.15, 0.2) is 24.3 Å². The molecule has 1 amide bonds. The molecule has 4 saturated carbocycles. The zero-order chi connectivity index (χ0) is 18.1. The van der Waals surface area contributed by atoms with Crippen molar-refractivity contribution in [3.05, 3.63) is 34.9 Å². The molecule has 26 heavy (non-hydrogen) atoms. The number of amides is 1. The molecule has 5 heteroatoms. The van der Waals surface area contributed by atoms with E-state index in [0.717, 1.165) is 32.1 Å². The first kappa shape index (κ1) is 17.0. The first-order valence-electron chi connectivity index (χ1n) is 9.90.